The van der Waals surface area contributed by atoms with Crippen LogP contribution in [0.3, 0.4) is 0 Å². The van der Waals surface area contributed by atoms with Crippen molar-refractivity contribution in [3.05, 3.63) is 36.0 Å². The van der Waals surface area contributed by atoms with Crippen LogP contribution in [0.5, 0.6) is 0 Å². The summed E-state index contributed by atoms with van der Waals surface area (Å²) in [7, 11) is 0. The van der Waals surface area contributed by atoms with Crippen LogP contribution in [-0.4, -0.2) is 22.5 Å². The fourth-order valence-electron chi connectivity index (χ4n) is 2.67. The van der Waals surface area contributed by atoms with Crippen LogP contribution in [0.1, 0.15) is 24.8 Å². The van der Waals surface area contributed by atoms with Crippen LogP contribution in [0, 0.1) is 0 Å². The first-order valence-electron chi connectivity index (χ1n) is 6.63. The molecule has 0 radical (unpaired) electrons. The van der Waals surface area contributed by atoms with Crippen LogP contribution in [0.2, 0.25) is 0 Å². The minimum absolute atomic E-state index is 0.526. The molecule has 96 valence electrons. The third-order valence-electron chi connectivity index (χ3n) is 4.09. The summed E-state index contributed by atoms with van der Waals surface area (Å²) in [6, 6.07) is 8.78. The second kappa shape index (κ2) is 4.98. The molecule has 0 bridgehead atoms. The second-order valence-electron chi connectivity index (χ2n) is 5.24. The van der Waals surface area contributed by atoms with Crippen molar-refractivity contribution < 1.29 is 0 Å². The molecule has 0 aliphatic heterocycles. The number of H-pyrrole nitrogens is 1. The molecule has 1 fully saturated rings. The Bertz CT molecular complexity index is 523. The minimum atomic E-state index is 0.526. The van der Waals surface area contributed by atoms with Gasteiger partial charge in [-0.1, -0.05) is 12.5 Å². The number of fused-ring (bicyclic) bond motifs is 1. The molecule has 18 heavy (non-hydrogen) atoms. The van der Waals surface area contributed by atoms with Crippen molar-refractivity contribution in [2.45, 2.75) is 30.6 Å². The zero-order chi connectivity index (χ0) is 12.4. The highest BCUT2D eigenvalue weighted by Crippen LogP contribution is 2.42. The Labute approximate surface area is 113 Å². The summed E-state index contributed by atoms with van der Waals surface area (Å²) in [5.74, 6) is 0. The van der Waals surface area contributed by atoms with Gasteiger partial charge in [-0.05, 0) is 48.2 Å². The van der Waals surface area contributed by atoms with Crippen LogP contribution in [-0.2, 0) is 6.54 Å². The van der Waals surface area contributed by atoms with Crippen molar-refractivity contribution >= 4 is 22.7 Å². The third-order valence-corrected chi connectivity index (χ3v) is 5.51. The van der Waals surface area contributed by atoms with Gasteiger partial charge >= 0.3 is 0 Å². The van der Waals surface area contributed by atoms with E-state index in [1.807, 2.05) is 18.0 Å². The number of benzene rings is 1. The van der Waals surface area contributed by atoms with E-state index in [1.54, 1.807) is 0 Å². The molecule has 1 aliphatic rings. The molecule has 0 atom stereocenters. The Kier molecular flexibility index (Phi) is 3.35. The van der Waals surface area contributed by atoms with E-state index in [-0.39, 0.29) is 0 Å². The molecule has 2 N–H and O–H groups in total. The number of thioether (sulfide) groups is 1. The maximum atomic E-state index is 3.62. The monoisotopic (exact) mass is 260 g/mol. The minimum Gasteiger partial charge on any atom is -0.361 e. The van der Waals surface area contributed by atoms with Gasteiger partial charge in [-0.15, -0.1) is 0 Å². The van der Waals surface area contributed by atoms with Crippen LogP contribution >= 0.6 is 11.8 Å². The van der Waals surface area contributed by atoms with Gasteiger partial charge in [-0.25, -0.2) is 0 Å². The van der Waals surface area contributed by atoms with Gasteiger partial charge in [0.15, 0.2) is 0 Å². The lowest BCUT2D eigenvalue weighted by Crippen LogP contribution is -2.43. The summed E-state index contributed by atoms with van der Waals surface area (Å²) in [4.78, 5) is 3.23. The van der Waals surface area contributed by atoms with E-state index in [9.17, 15) is 0 Å². The smallest absolute Gasteiger partial charge is 0.0454 e. The average Bonchev–Trinajstić information content (AvgIpc) is 2.80. The molecule has 0 saturated heterocycles. The van der Waals surface area contributed by atoms with E-state index < -0.39 is 0 Å². The molecule has 3 rings (SSSR count). The molecule has 1 aromatic carbocycles. The number of aromatic amines is 1. The van der Waals surface area contributed by atoms with Crippen molar-refractivity contribution in [1.29, 1.82) is 0 Å². The second-order valence-corrected chi connectivity index (χ2v) is 6.52. The highest BCUT2D eigenvalue weighted by Gasteiger charge is 2.35. The van der Waals surface area contributed by atoms with Gasteiger partial charge in [0.05, 0.1) is 0 Å². The van der Waals surface area contributed by atoms with Crippen molar-refractivity contribution in [3.63, 3.8) is 0 Å². The normalized spacial score (nSPS) is 17.8. The molecular weight excluding hydrogens is 240 g/mol. The van der Waals surface area contributed by atoms with Crippen LogP contribution in [0.4, 0.5) is 0 Å². The average molecular weight is 260 g/mol. The van der Waals surface area contributed by atoms with Crippen molar-refractivity contribution in [3.8, 4) is 0 Å². The largest absolute Gasteiger partial charge is 0.361 e. The highest BCUT2D eigenvalue weighted by atomic mass is 32.2. The van der Waals surface area contributed by atoms with Gasteiger partial charge in [0.1, 0.15) is 0 Å². The molecule has 0 unspecified atom stereocenters. The van der Waals surface area contributed by atoms with Crippen LogP contribution in [0.15, 0.2) is 30.5 Å². The van der Waals surface area contributed by atoms with Crippen LogP contribution < -0.4 is 5.32 Å². The topological polar surface area (TPSA) is 27.8 Å². The Balaban J connectivity index is 1.59. The first kappa shape index (κ1) is 12.1. The van der Waals surface area contributed by atoms with Crippen molar-refractivity contribution in [1.82, 2.24) is 10.3 Å². The maximum absolute atomic E-state index is 3.62. The zero-order valence-corrected chi connectivity index (χ0v) is 11.6. The first-order valence-corrected chi connectivity index (χ1v) is 7.86. The number of nitrogens with one attached hydrogen (secondary N) is 2. The lowest BCUT2D eigenvalue weighted by Gasteiger charge is -2.40. The number of hydrogen-bond acceptors (Lipinski definition) is 2. The van der Waals surface area contributed by atoms with E-state index in [0.29, 0.717) is 4.75 Å². The predicted molar refractivity (Wildman–Crippen MR) is 80.1 cm³/mol. The quantitative estimate of drug-likeness (QED) is 0.860. The zero-order valence-electron chi connectivity index (χ0n) is 10.8. The summed E-state index contributed by atoms with van der Waals surface area (Å²) in [5.41, 5.74) is 2.59. The molecule has 2 nitrogen and oxygen atoms in total. The summed E-state index contributed by atoms with van der Waals surface area (Å²) < 4.78 is 0.526. The van der Waals surface area contributed by atoms with Crippen molar-refractivity contribution in [2.75, 3.05) is 12.8 Å². The predicted octanol–water partition coefficient (Wildman–Crippen LogP) is 3.54. The van der Waals surface area contributed by atoms with Gasteiger partial charge in [-0.2, -0.15) is 11.8 Å². The van der Waals surface area contributed by atoms with E-state index in [0.717, 1.165) is 13.1 Å². The molecule has 0 spiro atoms. The standard InChI is InChI=1S/C15H20N2S/c1-18-15(6-2-7-15)11-16-10-12-3-4-14-13(9-12)5-8-17-14/h3-5,8-9,16-17H,2,6-7,10-11H2,1H3. The molecule has 2 aromatic rings. The lowest BCUT2D eigenvalue weighted by molar-refractivity contribution is 0.345. The molecule has 1 heterocycles. The van der Waals surface area contributed by atoms with E-state index in [4.69, 9.17) is 0 Å². The van der Waals surface area contributed by atoms with Gasteiger partial charge in [0, 0.05) is 29.6 Å². The summed E-state index contributed by atoms with van der Waals surface area (Å²) >= 11 is 2.03. The summed E-state index contributed by atoms with van der Waals surface area (Å²) in [6.45, 7) is 2.11. The molecule has 1 aromatic heterocycles. The lowest BCUT2D eigenvalue weighted by atomic mass is 9.84. The molecule has 0 amide bonds. The van der Waals surface area contributed by atoms with E-state index in [2.05, 4.69) is 40.8 Å². The Morgan fingerprint density at radius 3 is 2.94 bits per heavy atom. The Morgan fingerprint density at radius 2 is 2.22 bits per heavy atom. The fourth-order valence-corrected chi connectivity index (χ4v) is 3.61. The van der Waals surface area contributed by atoms with Gasteiger partial charge in [-0.3, -0.25) is 0 Å². The number of hydrogen-bond donors (Lipinski definition) is 2. The van der Waals surface area contributed by atoms with Gasteiger partial charge in [0.25, 0.3) is 0 Å². The number of aromatic nitrogens is 1. The summed E-state index contributed by atoms with van der Waals surface area (Å²) in [5, 5.41) is 4.92. The van der Waals surface area contributed by atoms with Gasteiger partial charge < -0.3 is 10.3 Å². The molecule has 3 heteroatoms. The SMILES string of the molecule is CSC1(CNCc2ccc3[nH]ccc3c2)CCC1. The van der Waals surface area contributed by atoms with Crippen LogP contribution in [0.25, 0.3) is 10.9 Å². The van der Waals surface area contributed by atoms with Crippen molar-refractivity contribution in [2.24, 2.45) is 0 Å². The third kappa shape index (κ3) is 2.29. The molecule has 1 saturated carbocycles. The Hall–Kier alpha value is -0.930. The summed E-state index contributed by atoms with van der Waals surface area (Å²) in [6.07, 6.45) is 8.39. The highest BCUT2D eigenvalue weighted by molar-refractivity contribution is 8.00. The fraction of sp³-hybridized carbons (Fsp3) is 0.467. The van der Waals surface area contributed by atoms with Gasteiger partial charge in [0.2, 0.25) is 0 Å². The van der Waals surface area contributed by atoms with E-state index in [1.165, 1.54) is 35.7 Å². The number of rotatable bonds is 5. The molecular formula is C15H20N2S. The molecule has 1 aliphatic carbocycles. The Morgan fingerprint density at radius 1 is 1.33 bits per heavy atom. The van der Waals surface area contributed by atoms with E-state index >= 15 is 0 Å². The maximum Gasteiger partial charge on any atom is 0.0454 e. The first-order chi connectivity index (χ1) is 8.81.